The first-order valence-corrected chi connectivity index (χ1v) is 9.39. The SMILES string of the molecule is COc1ccc(CCNC(=O)Cc2ccccc2)cc1OCc1ccccc1. The topological polar surface area (TPSA) is 47.6 Å². The number of amides is 1. The van der Waals surface area contributed by atoms with Gasteiger partial charge in [0, 0.05) is 6.54 Å². The predicted octanol–water partition coefficient (Wildman–Crippen LogP) is 4.18. The summed E-state index contributed by atoms with van der Waals surface area (Å²) in [6, 6.07) is 25.6. The fourth-order valence-electron chi connectivity index (χ4n) is 2.91. The van der Waals surface area contributed by atoms with Gasteiger partial charge in [0.25, 0.3) is 0 Å². The van der Waals surface area contributed by atoms with Gasteiger partial charge in [-0.05, 0) is 35.2 Å². The summed E-state index contributed by atoms with van der Waals surface area (Å²) in [7, 11) is 1.63. The Bertz CT molecular complexity index is 879. The van der Waals surface area contributed by atoms with Crippen molar-refractivity contribution < 1.29 is 14.3 Å². The highest BCUT2D eigenvalue weighted by Crippen LogP contribution is 2.29. The first-order chi connectivity index (χ1) is 13.7. The summed E-state index contributed by atoms with van der Waals surface area (Å²) in [5.74, 6) is 1.44. The normalized spacial score (nSPS) is 10.3. The molecule has 0 unspecified atom stereocenters. The molecule has 0 spiro atoms. The molecule has 0 aromatic heterocycles. The number of hydrogen-bond acceptors (Lipinski definition) is 3. The molecule has 0 heterocycles. The maximum absolute atomic E-state index is 12.1. The highest BCUT2D eigenvalue weighted by molar-refractivity contribution is 5.78. The number of benzene rings is 3. The molecular weight excluding hydrogens is 350 g/mol. The summed E-state index contributed by atoms with van der Waals surface area (Å²) in [6.45, 7) is 1.06. The highest BCUT2D eigenvalue weighted by Gasteiger charge is 2.08. The summed E-state index contributed by atoms with van der Waals surface area (Å²) in [4.78, 5) is 12.1. The molecule has 0 radical (unpaired) electrons. The van der Waals surface area contributed by atoms with E-state index in [1.165, 1.54) is 0 Å². The third-order valence-corrected chi connectivity index (χ3v) is 4.41. The van der Waals surface area contributed by atoms with Crippen molar-refractivity contribution in [2.24, 2.45) is 0 Å². The van der Waals surface area contributed by atoms with Gasteiger partial charge in [-0.25, -0.2) is 0 Å². The van der Waals surface area contributed by atoms with Crippen LogP contribution in [-0.2, 0) is 24.2 Å². The summed E-state index contributed by atoms with van der Waals surface area (Å²) < 4.78 is 11.4. The van der Waals surface area contributed by atoms with Crippen molar-refractivity contribution in [1.82, 2.24) is 5.32 Å². The molecule has 0 bridgehead atoms. The molecule has 0 saturated carbocycles. The lowest BCUT2D eigenvalue weighted by molar-refractivity contribution is -0.120. The standard InChI is InChI=1S/C24H25NO3/c1-27-22-13-12-20(16-23(22)28-18-21-10-6-3-7-11-21)14-15-25-24(26)17-19-8-4-2-5-9-19/h2-13,16H,14-15,17-18H2,1H3,(H,25,26). The molecule has 0 atom stereocenters. The molecule has 3 aromatic rings. The minimum Gasteiger partial charge on any atom is -0.493 e. The van der Waals surface area contributed by atoms with Gasteiger partial charge in [0.05, 0.1) is 13.5 Å². The van der Waals surface area contributed by atoms with E-state index in [9.17, 15) is 4.79 Å². The lowest BCUT2D eigenvalue weighted by atomic mass is 10.1. The van der Waals surface area contributed by atoms with Crippen LogP contribution in [0.25, 0.3) is 0 Å². The molecule has 3 rings (SSSR count). The van der Waals surface area contributed by atoms with Gasteiger partial charge >= 0.3 is 0 Å². The average Bonchev–Trinajstić information content (AvgIpc) is 2.74. The molecule has 3 aromatic carbocycles. The molecule has 4 nitrogen and oxygen atoms in total. The smallest absolute Gasteiger partial charge is 0.224 e. The van der Waals surface area contributed by atoms with E-state index in [0.29, 0.717) is 31.1 Å². The highest BCUT2D eigenvalue weighted by atomic mass is 16.5. The van der Waals surface area contributed by atoms with E-state index in [1.807, 2.05) is 78.9 Å². The van der Waals surface area contributed by atoms with Crippen LogP contribution in [0.15, 0.2) is 78.9 Å². The van der Waals surface area contributed by atoms with Gasteiger partial charge in [0.1, 0.15) is 6.61 Å². The van der Waals surface area contributed by atoms with Gasteiger partial charge in [-0.1, -0.05) is 66.7 Å². The first kappa shape index (κ1) is 19.5. The molecule has 0 saturated heterocycles. The Morgan fingerprint density at radius 1 is 0.821 bits per heavy atom. The molecule has 0 fully saturated rings. The molecule has 4 heteroatoms. The fraction of sp³-hybridized carbons (Fsp3) is 0.208. The number of hydrogen-bond donors (Lipinski definition) is 1. The largest absolute Gasteiger partial charge is 0.493 e. The van der Waals surface area contributed by atoms with E-state index in [1.54, 1.807) is 7.11 Å². The van der Waals surface area contributed by atoms with Gasteiger partial charge in [-0.15, -0.1) is 0 Å². The molecule has 1 N–H and O–H groups in total. The Kier molecular flexibility index (Phi) is 7.08. The maximum atomic E-state index is 12.1. The molecular formula is C24H25NO3. The van der Waals surface area contributed by atoms with Crippen LogP contribution in [0.5, 0.6) is 11.5 Å². The quantitative estimate of drug-likeness (QED) is 0.610. The van der Waals surface area contributed by atoms with Crippen molar-refractivity contribution in [2.45, 2.75) is 19.4 Å². The Morgan fingerprint density at radius 2 is 1.50 bits per heavy atom. The lowest BCUT2D eigenvalue weighted by Crippen LogP contribution is -2.27. The summed E-state index contributed by atoms with van der Waals surface area (Å²) in [5.41, 5.74) is 3.20. The van der Waals surface area contributed by atoms with Crippen LogP contribution in [0.2, 0.25) is 0 Å². The lowest BCUT2D eigenvalue weighted by Gasteiger charge is -2.13. The third kappa shape index (κ3) is 5.88. The van der Waals surface area contributed by atoms with Gasteiger partial charge in [0.15, 0.2) is 11.5 Å². The van der Waals surface area contributed by atoms with E-state index in [4.69, 9.17) is 9.47 Å². The Balaban J connectivity index is 1.53. The van der Waals surface area contributed by atoms with Crippen molar-refractivity contribution in [1.29, 1.82) is 0 Å². The first-order valence-electron chi connectivity index (χ1n) is 9.39. The number of rotatable bonds is 9. The van der Waals surface area contributed by atoms with E-state index >= 15 is 0 Å². The Morgan fingerprint density at radius 3 is 2.18 bits per heavy atom. The van der Waals surface area contributed by atoms with E-state index < -0.39 is 0 Å². The number of ether oxygens (including phenoxy) is 2. The van der Waals surface area contributed by atoms with E-state index in [2.05, 4.69) is 5.32 Å². The van der Waals surface area contributed by atoms with Crippen LogP contribution < -0.4 is 14.8 Å². The second-order valence-corrected chi connectivity index (χ2v) is 6.52. The van der Waals surface area contributed by atoms with Gasteiger partial charge in [0.2, 0.25) is 5.91 Å². The van der Waals surface area contributed by atoms with Crippen LogP contribution >= 0.6 is 0 Å². The number of carbonyl (C=O) groups is 1. The van der Waals surface area contributed by atoms with Gasteiger partial charge in [-0.3, -0.25) is 4.79 Å². The maximum Gasteiger partial charge on any atom is 0.224 e. The van der Waals surface area contributed by atoms with Crippen LogP contribution in [0.3, 0.4) is 0 Å². The van der Waals surface area contributed by atoms with Crippen molar-refractivity contribution in [2.75, 3.05) is 13.7 Å². The van der Waals surface area contributed by atoms with Crippen LogP contribution in [0.1, 0.15) is 16.7 Å². The number of methoxy groups -OCH3 is 1. The second-order valence-electron chi connectivity index (χ2n) is 6.52. The molecule has 144 valence electrons. The number of carbonyl (C=O) groups excluding carboxylic acids is 1. The van der Waals surface area contributed by atoms with Gasteiger partial charge < -0.3 is 14.8 Å². The zero-order valence-electron chi connectivity index (χ0n) is 16.1. The summed E-state index contributed by atoms with van der Waals surface area (Å²) in [6.07, 6.45) is 1.13. The predicted molar refractivity (Wildman–Crippen MR) is 111 cm³/mol. The second kappa shape index (κ2) is 10.2. The van der Waals surface area contributed by atoms with Gasteiger partial charge in [-0.2, -0.15) is 0 Å². The van der Waals surface area contributed by atoms with Crippen LogP contribution in [0, 0.1) is 0 Å². The van der Waals surface area contributed by atoms with E-state index in [0.717, 1.165) is 23.1 Å². The molecule has 1 amide bonds. The van der Waals surface area contributed by atoms with Crippen molar-refractivity contribution >= 4 is 5.91 Å². The van der Waals surface area contributed by atoms with E-state index in [-0.39, 0.29) is 5.91 Å². The van der Waals surface area contributed by atoms with Crippen molar-refractivity contribution in [3.63, 3.8) is 0 Å². The zero-order valence-corrected chi connectivity index (χ0v) is 16.1. The summed E-state index contributed by atoms with van der Waals surface area (Å²) in [5, 5.41) is 2.97. The molecule has 0 aliphatic heterocycles. The fourth-order valence-corrected chi connectivity index (χ4v) is 2.91. The molecule has 0 aliphatic rings. The average molecular weight is 375 g/mol. The third-order valence-electron chi connectivity index (χ3n) is 4.41. The Hall–Kier alpha value is -3.27. The monoisotopic (exact) mass is 375 g/mol. The molecule has 28 heavy (non-hydrogen) atoms. The Labute approximate surface area is 166 Å². The minimum atomic E-state index is 0.0280. The molecule has 0 aliphatic carbocycles. The summed E-state index contributed by atoms with van der Waals surface area (Å²) >= 11 is 0. The van der Waals surface area contributed by atoms with Crippen molar-refractivity contribution in [3.05, 3.63) is 95.6 Å². The number of nitrogens with one attached hydrogen (secondary N) is 1. The van der Waals surface area contributed by atoms with Crippen molar-refractivity contribution in [3.8, 4) is 11.5 Å². The van der Waals surface area contributed by atoms with Crippen LogP contribution in [0.4, 0.5) is 0 Å². The zero-order chi connectivity index (χ0) is 19.6. The van der Waals surface area contributed by atoms with Crippen LogP contribution in [-0.4, -0.2) is 19.6 Å². The minimum absolute atomic E-state index is 0.0280.